The Bertz CT molecular complexity index is 1100. The molecule has 3 aromatic rings. The van der Waals surface area contributed by atoms with Crippen LogP contribution in [-0.4, -0.2) is 30.8 Å². The van der Waals surface area contributed by atoms with Crippen LogP contribution in [0.1, 0.15) is 33.8 Å². The van der Waals surface area contributed by atoms with E-state index in [0.717, 1.165) is 6.42 Å². The Balaban J connectivity index is 1.39. The molecular formula is C23H18FNO5. The highest BCUT2D eigenvalue weighted by Gasteiger charge is 2.22. The largest absolute Gasteiger partial charge is 0.451 e. The first kappa shape index (κ1) is 19.6. The third-order valence-corrected chi connectivity index (χ3v) is 4.82. The number of amides is 1. The Morgan fingerprint density at radius 3 is 2.60 bits per heavy atom. The fraction of sp³-hybridized carbons (Fsp3) is 0.174. The van der Waals surface area contributed by atoms with Gasteiger partial charge in [-0.15, -0.1) is 0 Å². The molecule has 1 amide bonds. The van der Waals surface area contributed by atoms with Crippen LogP contribution in [0.3, 0.4) is 0 Å². The number of furan rings is 1. The van der Waals surface area contributed by atoms with Crippen LogP contribution in [0.4, 0.5) is 10.1 Å². The number of ketones is 1. The Morgan fingerprint density at radius 1 is 1.07 bits per heavy atom. The van der Waals surface area contributed by atoms with E-state index in [4.69, 9.17) is 9.15 Å². The maximum absolute atomic E-state index is 13.0. The van der Waals surface area contributed by atoms with Gasteiger partial charge in [-0.05, 0) is 55.0 Å². The number of carbonyl (C=O) groups excluding carboxylic acids is 3. The van der Waals surface area contributed by atoms with Gasteiger partial charge in [0.1, 0.15) is 11.6 Å². The molecule has 0 radical (unpaired) electrons. The zero-order chi connectivity index (χ0) is 21.1. The first-order valence-corrected chi connectivity index (χ1v) is 9.48. The normalized spacial score (nSPS) is 13.5. The first-order valence-electron chi connectivity index (χ1n) is 9.48. The molecular weight excluding hydrogens is 389 g/mol. The number of ether oxygens (including phenoxy) is 1. The van der Waals surface area contributed by atoms with Crippen molar-refractivity contribution in [3.8, 4) is 11.3 Å². The van der Waals surface area contributed by atoms with E-state index in [2.05, 4.69) is 0 Å². The van der Waals surface area contributed by atoms with Gasteiger partial charge < -0.3 is 14.1 Å². The number of nitrogens with zero attached hydrogens (tertiary/aromatic N) is 1. The highest BCUT2D eigenvalue weighted by atomic mass is 19.1. The molecule has 0 atom stereocenters. The lowest BCUT2D eigenvalue weighted by atomic mass is 10.1. The monoisotopic (exact) mass is 407 g/mol. The minimum atomic E-state index is -0.775. The number of anilines is 1. The highest BCUT2D eigenvalue weighted by molar-refractivity contribution is 6.01. The van der Waals surface area contributed by atoms with Crippen LogP contribution in [-0.2, 0) is 9.53 Å². The van der Waals surface area contributed by atoms with Crippen LogP contribution < -0.4 is 4.90 Å². The molecule has 1 saturated heterocycles. The summed E-state index contributed by atoms with van der Waals surface area (Å²) < 4.78 is 23.6. The van der Waals surface area contributed by atoms with Crippen molar-refractivity contribution in [1.82, 2.24) is 0 Å². The zero-order valence-corrected chi connectivity index (χ0v) is 16.0. The maximum Gasteiger partial charge on any atom is 0.374 e. The number of hydrogen-bond acceptors (Lipinski definition) is 5. The Morgan fingerprint density at radius 2 is 1.87 bits per heavy atom. The van der Waals surface area contributed by atoms with E-state index in [0.29, 0.717) is 35.5 Å². The summed E-state index contributed by atoms with van der Waals surface area (Å²) in [6.07, 6.45) is 1.29. The molecule has 1 aliphatic rings. The zero-order valence-electron chi connectivity index (χ0n) is 16.0. The van der Waals surface area contributed by atoms with Crippen LogP contribution in [0, 0.1) is 5.82 Å². The molecule has 30 heavy (non-hydrogen) atoms. The Labute approximate surface area is 171 Å². The molecule has 1 aliphatic heterocycles. The number of halogens is 1. The van der Waals surface area contributed by atoms with Gasteiger partial charge in [-0.1, -0.05) is 12.1 Å². The van der Waals surface area contributed by atoms with Gasteiger partial charge in [0.25, 0.3) is 0 Å². The third-order valence-electron chi connectivity index (χ3n) is 4.82. The van der Waals surface area contributed by atoms with Gasteiger partial charge in [0, 0.05) is 29.8 Å². The molecule has 1 fully saturated rings. The first-order chi connectivity index (χ1) is 14.5. The number of hydrogen-bond donors (Lipinski definition) is 0. The van der Waals surface area contributed by atoms with Gasteiger partial charge >= 0.3 is 5.97 Å². The minimum Gasteiger partial charge on any atom is -0.451 e. The van der Waals surface area contributed by atoms with E-state index in [1.54, 1.807) is 35.2 Å². The van der Waals surface area contributed by atoms with Crippen LogP contribution in [0.5, 0.6) is 0 Å². The molecule has 7 heteroatoms. The second-order valence-electron chi connectivity index (χ2n) is 6.87. The van der Waals surface area contributed by atoms with Crippen molar-refractivity contribution in [3.05, 3.63) is 77.8 Å². The summed E-state index contributed by atoms with van der Waals surface area (Å²) in [6, 6.07) is 15.3. The van der Waals surface area contributed by atoms with Gasteiger partial charge in [0.2, 0.25) is 11.7 Å². The van der Waals surface area contributed by atoms with Crippen molar-refractivity contribution >= 4 is 23.3 Å². The smallest absolute Gasteiger partial charge is 0.374 e. The third kappa shape index (κ3) is 4.15. The molecule has 152 valence electrons. The molecule has 6 nitrogen and oxygen atoms in total. The number of esters is 1. The second-order valence-corrected chi connectivity index (χ2v) is 6.87. The lowest BCUT2D eigenvalue weighted by Gasteiger charge is -2.16. The molecule has 0 spiro atoms. The number of rotatable bonds is 6. The molecule has 0 unspecified atom stereocenters. The summed E-state index contributed by atoms with van der Waals surface area (Å²) >= 11 is 0. The van der Waals surface area contributed by atoms with E-state index in [-0.39, 0.29) is 23.3 Å². The summed E-state index contributed by atoms with van der Waals surface area (Å²) in [4.78, 5) is 38.2. The fourth-order valence-electron chi connectivity index (χ4n) is 3.27. The van der Waals surface area contributed by atoms with Crippen molar-refractivity contribution in [2.24, 2.45) is 0 Å². The Hall–Kier alpha value is -3.74. The number of carbonyl (C=O) groups is 3. The average Bonchev–Trinajstić information content (AvgIpc) is 3.42. The molecule has 1 aromatic heterocycles. The van der Waals surface area contributed by atoms with Gasteiger partial charge in [-0.2, -0.15) is 0 Å². The molecule has 0 bridgehead atoms. The number of benzene rings is 2. The van der Waals surface area contributed by atoms with E-state index >= 15 is 0 Å². The second kappa shape index (κ2) is 8.32. The van der Waals surface area contributed by atoms with E-state index in [1.165, 1.54) is 30.3 Å². The van der Waals surface area contributed by atoms with Crippen LogP contribution in [0.2, 0.25) is 0 Å². The summed E-state index contributed by atoms with van der Waals surface area (Å²) in [6.45, 7) is 0.170. The van der Waals surface area contributed by atoms with Crippen LogP contribution >= 0.6 is 0 Å². The number of Topliss-reactive ketones (excluding diaryl/α,β-unsaturated/α-hetero) is 1. The van der Waals surface area contributed by atoms with Crippen LogP contribution in [0.15, 0.2) is 65.1 Å². The standard InChI is InChI=1S/C23H18FNO5/c24-17-8-6-15(7-9-17)20-10-11-21(30-20)23(28)29-14-19(26)16-3-1-4-18(13-16)25-12-2-5-22(25)27/h1,3-4,6-11,13H,2,5,12,14H2. The van der Waals surface area contributed by atoms with Crippen molar-refractivity contribution in [2.45, 2.75) is 12.8 Å². The van der Waals surface area contributed by atoms with Gasteiger partial charge in [-0.3, -0.25) is 9.59 Å². The molecule has 2 aromatic carbocycles. The van der Waals surface area contributed by atoms with E-state index in [1.807, 2.05) is 0 Å². The van der Waals surface area contributed by atoms with Gasteiger partial charge in [0.05, 0.1) is 0 Å². The van der Waals surface area contributed by atoms with Gasteiger partial charge in [-0.25, -0.2) is 9.18 Å². The van der Waals surface area contributed by atoms with Crippen molar-refractivity contribution in [3.63, 3.8) is 0 Å². The molecule has 0 N–H and O–H groups in total. The SMILES string of the molecule is O=C(COC(=O)c1ccc(-c2ccc(F)cc2)o1)c1cccc(N2CCCC2=O)c1. The molecule has 4 rings (SSSR count). The molecule has 0 saturated carbocycles. The van der Waals surface area contributed by atoms with E-state index in [9.17, 15) is 18.8 Å². The average molecular weight is 407 g/mol. The quantitative estimate of drug-likeness (QED) is 0.451. The maximum atomic E-state index is 13.0. The predicted octanol–water partition coefficient (Wildman–Crippen LogP) is 4.25. The minimum absolute atomic E-state index is 0.0285. The lowest BCUT2D eigenvalue weighted by Crippen LogP contribution is -2.24. The fourth-order valence-corrected chi connectivity index (χ4v) is 3.27. The predicted molar refractivity (Wildman–Crippen MR) is 107 cm³/mol. The molecule has 2 heterocycles. The van der Waals surface area contributed by atoms with Gasteiger partial charge in [0.15, 0.2) is 12.4 Å². The topological polar surface area (TPSA) is 76.8 Å². The van der Waals surface area contributed by atoms with Crippen molar-refractivity contribution < 1.29 is 27.9 Å². The van der Waals surface area contributed by atoms with E-state index < -0.39 is 12.6 Å². The lowest BCUT2D eigenvalue weighted by molar-refractivity contribution is -0.117. The summed E-state index contributed by atoms with van der Waals surface area (Å²) in [5.41, 5.74) is 1.62. The Kier molecular flexibility index (Phi) is 5.43. The van der Waals surface area contributed by atoms with Crippen LogP contribution in [0.25, 0.3) is 11.3 Å². The highest BCUT2D eigenvalue weighted by Crippen LogP contribution is 2.24. The summed E-state index contributed by atoms with van der Waals surface area (Å²) in [5, 5.41) is 0. The molecule has 0 aliphatic carbocycles. The summed E-state index contributed by atoms with van der Waals surface area (Å²) in [7, 11) is 0. The van der Waals surface area contributed by atoms with Crippen molar-refractivity contribution in [1.29, 1.82) is 0 Å². The summed E-state index contributed by atoms with van der Waals surface area (Å²) in [5.74, 6) is -1.18. The van der Waals surface area contributed by atoms with Crippen molar-refractivity contribution in [2.75, 3.05) is 18.1 Å².